The summed E-state index contributed by atoms with van der Waals surface area (Å²) in [6, 6.07) is 9.97. The summed E-state index contributed by atoms with van der Waals surface area (Å²) in [6.45, 7) is 2.04. The van der Waals surface area contributed by atoms with E-state index in [4.69, 9.17) is 16.3 Å². The molecule has 0 aliphatic heterocycles. The molecule has 1 N–H and O–H groups in total. The lowest BCUT2D eigenvalue weighted by Gasteiger charge is -2.22. The zero-order valence-electron chi connectivity index (χ0n) is 12.0. The number of ether oxygens (including phenoxy) is 1. The maximum Gasteiger partial charge on any atom is 0.124 e. The highest BCUT2D eigenvalue weighted by atomic mass is 79.9. The molecule has 1 unspecified atom stereocenters. The average Bonchev–Trinajstić information content (AvgIpc) is 2.47. The molecule has 0 amide bonds. The van der Waals surface area contributed by atoms with Gasteiger partial charge in [0.15, 0.2) is 0 Å². The Labute approximate surface area is 147 Å². The highest BCUT2D eigenvalue weighted by Crippen LogP contribution is 2.38. The van der Waals surface area contributed by atoms with Gasteiger partial charge in [-0.1, -0.05) is 39.7 Å². The van der Waals surface area contributed by atoms with Gasteiger partial charge in [0, 0.05) is 14.5 Å². The number of aryl methyl sites for hydroxylation is 1. The van der Waals surface area contributed by atoms with E-state index in [1.807, 2.05) is 38.2 Å². The van der Waals surface area contributed by atoms with Crippen molar-refractivity contribution in [2.75, 3.05) is 14.2 Å². The van der Waals surface area contributed by atoms with Crippen molar-refractivity contribution in [2.45, 2.75) is 13.0 Å². The molecule has 0 radical (unpaired) electrons. The Bertz CT molecular complexity index is 661. The summed E-state index contributed by atoms with van der Waals surface area (Å²) in [5.74, 6) is 0.839. The van der Waals surface area contributed by atoms with Gasteiger partial charge in [0.1, 0.15) is 5.75 Å². The summed E-state index contributed by atoms with van der Waals surface area (Å²) in [5, 5.41) is 4.02. The van der Waals surface area contributed by atoms with E-state index in [1.165, 1.54) is 0 Å². The zero-order valence-corrected chi connectivity index (χ0v) is 15.9. The fourth-order valence-corrected chi connectivity index (χ4v) is 3.27. The number of methoxy groups -OCH3 is 1. The van der Waals surface area contributed by atoms with E-state index in [0.29, 0.717) is 5.02 Å². The average molecular weight is 434 g/mol. The van der Waals surface area contributed by atoms with E-state index < -0.39 is 0 Å². The highest BCUT2D eigenvalue weighted by molar-refractivity contribution is 9.10. The van der Waals surface area contributed by atoms with E-state index in [-0.39, 0.29) is 6.04 Å². The fourth-order valence-electron chi connectivity index (χ4n) is 2.29. The number of benzene rings is 2. The third-order valence-corrected chi connectivity index (χ3v) is 5.57. The second-order valence-electron chi connectivity index (χ2n) is 4.71. The zero-order chi connectivity index (χ0) is 15.6. The number of hydrogen-bond donors (Lipinski definition) is 1. The lowest BCUT2D eigenvalue weighted by molar-refractivity contribution is 0.405. The van der Waals surface area contributed by atoms with Crippen molar-refractivity contribution in [3.63, 3.8) is 0 Å². The Kier molecular flexibility index (Phi) is 5.72. The van der Waals surface area contributed by atoms with Crippen molar-refractivity contribution < 1.29 is 4.74 Å². The van der Waals surface area contributed by atoms with E-state index >= 15 is 0 Å². The van der Waals surface area contributed by atoms with Crippen molar-refractivity contribution in [2.24, 2.45) is 0 Å². The van der Waals surface area contributed by atoms with Crippen LogP contribution in [0, 0.1) is 6.92 Å². The normalized spacial score (nSPS) is 12.3. The molecule has 0 aliphatic rings. The predicted octanol–water partition coefficient (Wildman–Crippen LogP) is 5.49. The standard InChI is InChI=1S/C16H16Br2ClNO/c1-9-7-14(21-3)11(8-13(9)18)16(20-2)10-5-4-6-12(17)15(10)19/h4-8,16,20H,1-3H3. The van der Waals surface area contributed by atoms with Gasteiger partial charge in [-0.25, -0.2) is 0 Å². The molecular formula is C16H16Br2ClNO. The van der Waals surface area contributed by atoms with Crippen LogP contribution in [0.15, 0.2) is 39.3 Å². The summed E-state index contributed by atoms with van der Waals surface area (Å²) in [4.78, 5) is 0. The predicted molar refractivity (Wildman–Crippen MR) is 95.5 cm³/mol. The van der Waals surface area contributed by atoms with Crippen LogP contribution in [0.1, 0.15) is 22.7 Å². The first-order valence-electron chi connectivity index (χ1n) is 6.44. The SMILES string of the molecule is CNC(c1cc(Br)c(C)cc1OC)c1cccc(Br)c1Cl. The first-order chi connectivity index (χ1) is 9.99. The van der Waals surface area contributed by atoms with Gasteiger partial charge < -0.3 is 10.1 Å². The molecule has 112 valence electrons. The van der Waals surface area contributed by atoms with Gasteiger partial charge in [-0.3, -0.25) is 0 Å². The molecule has 2 rings (SSSR count). The van der Waals surface area contributed by atoms with Gasteiger partial charge >= 0.3 is 0 Å². The van der Waals surface area contributed by atoms with Gasteiger partial charge in [-0.2, -0.15) is 0 Å². The maximum atomic E-state index is 6.44. The van der Waals surface area contributed by atoms with Crippen LogP contribution in [-0.4, -0.2) is 14.2 Å². The Balaban J connectivity index is 2.61. The summed E-state index contributed by atoms with van der Waals surface area (Å²) in [7, 11) is 3.59. The molecule has 5 heteroatoms. The molecule has 0 saturated heterocycles. The first kappa shape index (κ1) is 16.8. The molecule has 0 heterocycles. The van der Waals surface area contributed by atoms with Crippen LogP contribution in [0.25, 0.3) is 0 Å². The minimum atomic E-state index is -0.0538. The van der Waals surface area contributed by atoms with Crippen LogP contribution in [0.2, 0.25) is 5.02 Å². The number of nitrogens with one attached hydrogen (secondary N) is 1. The Morgan fingerprint density at radius 1 is 1.14 bits per heavy atom. The molecule has 2 aromatic rings. The number of halogens is 3. The summed E-state index contributed by atoms with van der Waals surface area (Å²) in [6.07, 6.45) is 0. The second-order valence-corrected chi connectivity index (χ2v) is 6.79. The van der Waals surface area contributed by atoms with E-state index in [0.717, 1.165) is 31.4 Å². The molecule has 0 aliphatic carbocycles. The van der Waals surface area contributed by atoms with E-state index in [2.05, 4.69) is 43.2 Å². The Morgan fingerprint density at radius 3 is 2.48 bits per heavy atom. The summed E-state index contributed by atoms with van der Waals surface area (Å²) >= 11 is 13.5. The first-order valence-corrected chi connectivity index (χ1v) is 8.41. The van der Waals surface area contributed by atoms with Crippen LogP contribution >= 0.6 is 43.5 Å². The van der Waals surface area contributed by atoms with Crippen LogP contribution in [0.3, 0.4) is 0 Å². The Hall–Kier alpha value is -0.550. The molecule has 0 aromatic heterocycles. The largest absolute Gasteiger partial charge is 0.496 e. The van der Waals surface area contributed by atoms with Crippen LogP contribution in [0.4, 0.5) is 0 Å². The van der Waals surface area contributed by atoms with Crippen LogP contribution in [-0.2, 0) is 0 Å². The topological polar surface area (TPSA) is 21.3 Å². The van der Waals surface area contributed by atoms with Crippen molar-refractivity contribution >= 4 is 43.5 Å². The minimum Gasteiger partial charge on any atom is -0.496 e. The van der Waals surface area contributed by atoms with Gasteiger partial charge in [0.2, 0.25) is 0 Å². The van der Waals surface area contributed by atoms with Crippen LogP contribution in [0.5, 0.6) is 5.75 Å². The molecule has 0 spiro atoms. The van der Waals surface area contributed by atoms with Gasteiger partial charge in [-0.15, -0.1) is 0 Å². The molecule has 0 saturated carbocycles. The molecule has 0 fully saturated rings. The van der Waals surface area contributed by atoms with Crippen molar-refractivity contribution in [3.05, 3.63) is 61.0 Å². The smallest absolute Gasteiger partial charge is 0.124 e. The lowest BCUT2D eigenvalue weighted by Crippen LogP contribution is -2.19. The van der Waals surface area contributed by atoms with Gasteiger partial charge in [0.05, 0.1) is 18.2 Å². The van der Waals surface area contributed by atoms with Gasteiger partial charge in [0.25, 0.3) is 0 Å². The summed E-state index contributed by atoms with van der Waals surface area (Å²) < 4.78 is 7.47. The van der Waals surface area contributed by atoms with Crippen LogP contribution < -0.4 is 10.1 Å². The molecule has 0 bridgehead atoms. The van der Waals surface area contributed by atoms with E-state index in [1.54, 1.807) is 7.11 Å². The molecule has 21 heavy (non-hydrogen) atoms. The summed E-state index contributed by atoms with van der Waals surface area (Å²) in [5.41, 5.74) is 3.17. The van der Waals surface area contributed by atoms with Gasteiger partial charge in [-0.05, 0) is 59.2 Å². The fraction of sp³-hybridized carbons (Fsp3) is 0.250. The molecule has 2 aromatic carbocycles. The monoisotopic (exact) mass is 431 g/mol. The maximum absolute atomic E-state index is 6.44. The number of hydrogen-bond acceptors (Lipinski definition) is 2. The third kappa shape index (κ3) is 3.45. The second kappa shape index (κ2) is 7.14. The lowest BCUT2D eigenvalue weighted by atomic mass is 9.97. The van der Waals surface area contributed by atoms with Crippen molar-refractivity contribution in [1.82, 2.24) is 5.32 Å². The third-order valence-electron chi connectivity index (χ3n) is 3.40. The van der Waals surface area contributed by atoms with E-state index in [9.17, 15) is 0 Å². The minimum absolute atomic E-state index is 0.0538. The molecule has 2 nitrogen and oxygen atoms in total. The highest BCUT2D eigenvalue weighted by Gasteiger charge is 2.21. The molecular weight excluding hydrogens is 417 g/mol. The van der Waals surface area contributed by atoms with Crippen molar-refractivity contribution in [1.29, 1.82) is 0 Å². The number of rotatable bonds is 4. The quantitative estimate of drug-likeness (QED) is 0.688. The Morgan fingerprint density at radius 2 is 1.86 bits per heavy atom. The van der Waals surface area contributed by atoms with Crippen molar-refractivity contribution in [3.8, 4) is 5.75 Å². The molecule has 1 atom stereocenters.